The molecule has 0 N–H and O–H groups in total. The van der Waals surface area contributed by atoms with Gasteiger partial charge in [0.1, 0.15) is 2.75 Å². The molecule has 0 radical (unpaired) electrons. The predicted molar refractivity (Wildman–Crippen MR) is 74.8 cm³/mol. The molecule has 1 unspecified atom stereocenters. The molecule has 0 saturated carbocycles. The summed E-state index contributed by atoms with van der Waals surface area (Å²) in [5.41, 5.74) is 0. The van der Waals surface area contributed by atoms with E-state index in [1.165, 1.54) is 2.91 Å². The maximum atomic E-state index is 12.0. The summed E-state index contributed by atoms with van der Waals surface area (Å²) in [5, 5.41) is 0.852. The summed E-state index contributed by atoms with van der Waals surface area (Å²) >= 11 is 6.65. The topological polar surface area (TPSA) is 17.1 Å². The van der Waals surface area contributed by atoms with Gasteiger partial charge in [0.15, 0.2) is 0 Å². The van der Waals surface area contributed by atoms with Gasteiger partial charge in [0, 0.05) is 24.9 Å². The van der Waals surface area contributed by atoms with Crippen molar-refractivity contribution >= 4 is 67.7 Å². The second-order valence-corrected chi connectivity index (χ2v) is 10.8. The molecule has 3 aliphatic heterocycles. The molecule has 0 aromatic carbocycles. The van der Waals surface area contributed by atoms with Crippen LogP contribution in [0.25, 0.3) is 0 Å². The fraction of sp³-hybridized carbons (Fsp3) is 0.500. The highest BCUT2D eigenvalue weighted by Gasteiger charge is 2.60. The fourth-order valence-corrected chi connectivity index (χ4v) is 8.76. The van der Waals surface area contributed by atoms with Crippen molar-refractivity contribution in [2.24, 2.45) is 5.92 Å². The number of fused-ring (bicyclic) bond motifs is 5. The van der Waals surface area contributed by atoms with Gasteiger partial charge in [-0.1, -0.05) is 40.8 Å². The highest BCUT2D eigenvalue weighted by Crippen LogP contribution is 2.60. The Labute approximate surface area is 111 Å². The van der Waals surface area contributed by atoms with E-state index in [9.17, 15) is 4.21 Å². The molecule has 3 aliphatic rings. The van der Waals surface area contributed by atoms with Gasteiger partial charge in [-0.15, -0.1) is 11.8 Å². The summed E-state index contributed by atoms with van der Waals surface area (Å²) in [7, 11) is -0.684. The molecular formula is C8H6I2OS2. The Morgan fingerprint density at radius 3 is 3.08 bits per heavy atom. The van der Waals surface area contributed by atoms with Crippen molar-refractivity contribution in [1.82, 2.24) is 0 Å². The molecule has 70 valence electrons. The van der Waals surface area contributed by atoms with Gasteiger partial charge in [0.05, 0.1) is 5.25 Å². The van der Waals surface area contributed by atoms with Gasteiger partial charge < -0.3 is 0 Å². The van der Waals surface area contributed by atoms with Crippen LogP contribution in [0, 0.1) is 5.92 Å². The maximum Gasteiger partial charge on any atom is 0.123 e. The first kappa shape index (κ1) is 9.65. The van der Waals surface area contributed by atoms with Crippen LogP contribution in [-0.2, 0) is 10.8 Å². The minimum absolute atomic E-state index is 0.0903. The molecule has 3 rings (SSSR count). The van der Waals surface area contributed by atoms with Crippen molar-refractivity contribution in [3.05, 3.63) is 21.1 Å². The number of alkyl halides is 1. The zero-order chi connectivity index (χ0) is 9.22. The van der Waals surface area contributed by atoms with E-state index in [1.54, 1.807) is 0 Å². The zero-order valence-corrected chi connectivity index (χ0v) is 12.4. The Morgan fingerprint density at radius 2 is 2.38 bits per heavy atom. The van der Waals surface area contributed by atoms with Crippen LogP contribution in [0.3, 0.4) is 0 Å². The zero-order valence-electron chi connectivity index (χ0n) is 6.44. The number of rotatable bonds is 0. The van der Waals surface area contributed by atoms with Crippen LogP contribution in [0.1, 0.15) is 0 Å². The Morgan fingerprint density at radius 1 is 1.62 bits per heavy atom. The lowest BCUT2D eigenvalue weighted by Gasteiger charge is -2.22. The fourth-order valence-electron chi connectivity index (χ4n) is 2.14. The summed E-state index contributed by atoms with van der Waals surface area (Å²) in [6.45, 7) is 0. The first-order chi connectivity index (χ1) is 6.13. The molecule has 13 heavy (non-hydrogen) atoms. The largest absolute Gasteiger partial charge is 0.257 e. The van der Waals surface area contributed by atoms with Gasteiger partial charge >= 0.3 is 0 Å². The van der Waals surface area contributed by atoms with Crippen molar-refractivity contribution in [1.29, 1.82) is 0 Å². The third-order valence-electron chi connectivity index (χ3n) is 2.76. The summed E-state index contributed by atoms with van der Waals surface area (Å²) in [5.74, 6) is 0.501. The maximum absolute atomic E-state index is 12.0. The second kappa shape index (κ2) is 2.98. The minimum Gasteiger partial charge on any atom is -0.257 e. The van der Waals surface area contributed by atoms with Crippen LogP contribution in [0.5, 0.6) is 0 Å². The van der Waals surface area contributed by atoms with Gasteiger partial charge in [0.2, 0.25) is 0 Å². The lowest BCUT2D eigenvalue weighted by molar-refractivity contribution is 0.652. The molecule has 3 heterocycles. The molecule has 1 nitrogen and oxygen atoms in total. The van der Waals surface area contributed by atoms with Crippen molar-refractivity contribution in [3.8, 4) is 0 Å². The Kier molecular flexibility index (Phi) is 2.21. The average molecular weight is 436 g/mol. The molecule has 1 saturated heterocycles. The van der Waals surface area contributed by atoms with Gasteiger partial charge in [0.25, 0.3) is 0 Å². The van der Waals surface area contributed by atoms with Crippen molar-refractivity contribution in [2.75, 3.05) is 0 Å². The molecule has 2 bridgehead atoms. The van der Waals surface area contributed by atoms with E-state index in [2.05, 4.69) is 63.4 Å². The third kappa shape index (κ3) is 1.13. The monoisotopic (exact) mass is 436 g/mol. The lowest BCUT2D eigenvalue weighted by Crippen LogP contribution is -2.27. The quantitative estimate of drug-likeness (QED) is 0.330. The molecule has 0 aromatic rings. The van der Waals surface area contributed by atoms with Gasteiger partial charge in [-0.05, 0) is 22.6 Å². The van der Waals surface area contributed by atoms with Crippen molar-refractivity contribution in [3.63, 3.8) is 0 Å². The molecule has 0 aliphatic carbocycles. The SMILES string of the molecule is O=S1[C@@H]2C=C[C@@]1(I)[C@H]1C=C(I)S[C@@H]21. The lowest BCUT2D eigenvalue weighted by atomic mass is 9.94. The first-order valence-corrected chi connectivity index (χ1v) is 8.21. The molecule has 1 fully saturated rings. The Hall–Kier alpha value is 1.44. The van der Waals surface area contributed by atoms with E-state index in [-0.39, 0.29) is 2.75 Å². The van der Waals surface area contributed by atoms with E-state index < -0.39 is 10.8 Å². The van der Waals surface area contributed by atoms with E-state index in [1.807, 2.05) is 11.8 Å². The number of hydrogen-bond donors (Lipinski definition) is 0. The normalized spacial score (nSPS) is 56.9. The smallest absolute Gasteiger partial charge is 0.123 e. The Balaban J connectivity index is 2.13. The highest BCUT2D eigenvalue weighted by atomic mass is 127. The number of thioether (sulfide) groups is 1. The molecule has 0 spiro atoms. The molecular weight excluding hydrogens is 430 g/mol. The van der Waals surface area contributed by atoms with Crippen LogP contribution in [0.4, 0.5) is 0 Å². The van der Waals surface area contributed by atoms with Crippen molar-refractivity contribution in [2.45, 2.75) is 13.3 Å². The van der Waals surface area contributed by atoms with Crippen LogP contribution in [0.2, 0.25) is 0 Å². The summed E-state index contributed by atoms with van der Waals surface area (Å²) in [6.07, 6.45) is 6.60. The second-order valence-electron chi connectivity index (χ2n) is 3.40. The van der Waals surface area contributed by atoms with E-state index >= 15 is 0 Å². The average Bonchev–Trinajstić information content (AvgIpc) is 2.62. The number of hydrogen-bond acceptors (Lipinski definition) is 2. The first-order valence-electron chi connectivity index (χ1n) is 3.96. The predicted octanol–water partition coefficient (Wildman–Crippen LogP) is 2.83. The Bertz CT molecular complexity index is 365. The van der Waals surface area contributed by atoms with E-state index in [4.69, 9.17) is 0 Å². The standard InChI is InChI=1S/C8H6I2OS2/c9-6-3-4-7(12-6)5-1-2-8(4,10)13(5)11/h1-5,7H/t4-,5+,7+,8-,13?/m0/s1. The van der Waals surface area contributed by atoms with Gasteiger partial charge in [-0.2, -0.15) is 0 Å². The van der Waals surface area contributed by atoms with Gasteiger partial charge in [-0.25, -0.2) is 0 Å². The molecule has 0 amide bonds. The third-order valence-corrected chi connectivity index (χ3v) is 9.63. The number of allylic oxidation sites excluding steroid dienone is 1. The molecule has 5 heteroatoms. The van der Waals surface area contributed by atoms with E-state index in [0.29, 0.717) is 16.4 Å². The van der Waals surface area contributed by atoms with E-state index in [0.717, 1.165) is 0 Å². The highest BCUT2D eigenvalue weighted by molar-refractivity contribution is 14.1. The van der Waals surface area contributed by atoms with Crippen LogP contribution in [-0.4, -0.2) is 17.5 Å². The van der Waals surface area contributed by atoms with Crippen LogP contribution in [0.15, 0.2) is 21.1 Å². The van der Waals surface area contributed by atoms with Crippen LogP contribution >= 0.6 is 56.9 Å². The summed E-state index contributed by atoms with van der Waals surface area (Å²) in [4.78, 5) is 0. The molecule has 5 atom stereocenters. The van der Waals surface area contributed by atoms with Gasteiger partial charge in [-0.3, -0.25) is 4.21 Å². The summed E-state index contributed by atoms with van der Waals surface area (Å²) in [6, 6.07) is 0. The minimum atomic E-state index is -0.684. The van der Waals surface area contributed by atoms with Crippen LogP contribution < -0.4 is 0 Å². The molecule has 0 aromatic heterocycles. The number of halogens is 2. The summed E-state index contributed by atoms with van der Waals surface area (Å²) < 4.78 is 13.3. The van der Waals surface area contributed by atoms with Crippen molar-refractivity contribution < 1.29 is 4.21 Å².